The maximum atomic E-state index is 12.7. The van der Waals surface area contributed by atoms with Crippen LogP contribution in [-0.2, 0) is 10.0 Å². The molecule has 4 N–H and O–H groups in total. The number of aryl methyl sites for hydroxylation is 1. The number of para-hydroxylation sites is 1. The lowest BCUT2D eigenvalue weighted by molar-refractivity contribution is 0.0696. The maximum Gasteiger partial charge on any atom is 0.335 e. The Labute approximate surface area is 173 Å². The van der Waals surface area contributed by atoms with E-state index in [1.807, 2.05) is 6.07 Å². The first-order chi connectivity index (χ1) is 14.2. The van der Waals surface area contributed by atoms with Crippen LogP contribution in [0, 0.1) is 6.92 Å². The molecule has 0 unspecified atom stereocenters. The number of anilines is 3. The summed E-state index contributed by atoms with van der Waals surface area (Å²) in [5.74, 6) is -1.21. The lowest BCUT2D eigenvalue weighted by Crippen LogP contribution is -2.19. The number of carbonyl (C=O) groups excluding carboxylic acids is 1. The number of urea groups is 1. The third kappa shape index (κ3) is 5.15. The van der Waals surface area contributed by atoms with E-state index in [-0.39, 0.29) is 16.1 Å². The third-order valence-corrected chi connectivity index (χ3v) is 5.53. The van der Waals surface area contributed by atoms with Crippen molar-refractivity contribution in [3.63, 3.8) is 0 Å². The molecule has 9 heteroatoms. The maximum absolute atomic E-state index is 12.7. The molecule has 0 spiro atoms. The van der Waals surface area contributed by atoms with E-state index in [1.54, 1.807) is 43.3 Å². The van der Waals surface area contributed by atoms with Gasteiger partial charge in [0.15, 0.2) is 0 Å². The SMILES string of the molecule is Cc1ccc(S(=O)(=O)Nc2cccc(NC(=O)Nc3ccccc3)c2)cc1C(=O)O. The molecule has 0 atom stereocenters. The Hall–Kier alpha value is -3.85. The highest BCUT2D eigenvalue weighted by molar-refractivity contribution is 7.92. The van der Waals surface area contributed by atoms with E-state index < -0.39 is 22.0 Å². The second-order valence-corrected chi connectivity index (χ2v) is 8.10. The number of rotatable bonds is 6. The van der Waals surface area contributed by atoms with Crippen molar-refractivity contribution in [1.82, 2.24) is 0 Å². The van der Waals surface area contributed by atoms with Crippen molar-refractivity contribution in [3.8, 4) is 0 Å². The number of carboxylic acids is 1. The predicted octanol–water partition coefficient (Wildman–Crippen LogP) is 4.14. The molecule has 30 heavy (non-hydrogen) atoms. The highest BCUT2D eigenvalue weighted by atomic mass is 32.2. The molecule has 3 aromatic rings. The number of amides is 2. The average molecular weight is 425 g/mol. The zero-order valence-electron chi connectivity index (χ0n) is 15.9. The summed E-state index contributed by atoms with van der Waals surface area (Å²) in [6.45, 7) is 1.59. The molecule has 0 aliphatic heterocycles. The predicted molar refractivity (Wildman–Crippen MR) is 114 cm³/mol. The molecule has 154 valence electrons. The van der Waals surface area contributed by atoms with Crippen molar-refractivity contribution in [1.29, 1.82) is 0 Å². The summed E-state index contributed by atoms with van der Waals surface area (Å²) >= 11 is 0. The van der Waals surface area contributed by atoms with Crippen LogP contribution in [-0.4, -0.2) is 25.5 Å². The molecular weight excluding hydrogens is 406 g/mol. The van der Waals surface area contributed by atoms with Crippen LogP contribution in [0.5, 0.6) is 0 Å². The van der Waals surface area contributed by atoms with Gasteiger partial charge in [-0.25, -0.2) is 18.0 Å². The van der Waals surface area contributed by atoms with Crippen LogP contribution in [0.1, 0.15) is 15.9 Å². The van der Waals surface area contributed by atoms with E-state index in [0.29, 0.717) is 16.9 Å². The van der Waals surface area contributed by atoms with E-state index in [4.69, 9.17) is 0 Å². The second-order valence-electron chi connectivity index (χ2n) is 6.41. The van der Waals surface area contributed by atoms with Crippen LogP contribution in [0.3, 0.4) is 0 Å². The van der Waals surface area contributed by atoms with Crippen molar-refractivity contribution in [2.24, 2.45) is 0 Å². The highest BCUT2D eigenvalue weighted by Crippen LogP contribution is 2.22. The summed E-state index contributed by atoms with van der Waals surface area (Å²) in [5.41, 5.74) is 1.56. The van der Waals surface area contributed by atoms with Crippen LogP contribution < -0.4 is 15.4 Å². The first kappa shape index (κ1) is 20.9. The quantitative estimate of drug-likeness (QED) is 0.472. The van der Waals surface area contributed by atoms with Crippen molar-refractivity contribution >= 4 is 39.1 Å². The minimum atomic E-state index is -4.02. The molecule has 0 saturated carbocycles. The van der Waals surface area contributed by atoms with Gasteiger partial charge in [-0.15, -0.1) is 0 Å². The lowest BCUT2D eigenvalue weighted by Gasteiger charge is -2.12. The van der Waals surface area contributed by atoms with E-state index in [1.165, 1.54) is 24.3 Å². The van der Waals surface area contributed by atoms with Crippen LogP contribution in [0.2, 0.25) is 0 Å². The Morgan fingerprint density at radius 2 is 1.43 bits per heavy atom. The van der Waals surface area contributed by atoms with Gasteiger partial charge in [-0.3, -0.25) is 4.72 Å². The summed E-state index contributed by atoms with van der Waals surface area (Å²) in [5, 5.41) is 14.5. The first-order valence-corrected chi connectivity index (χ1v) is 10.3. The van der Waals surface area contributed by atoms with Gasteiger partial charge >= 0.3 is 12.0 Å². The minimum Gasteiger partial charge on any atom is -0.478 e. The zero-order valence-corrected chi connectivity index (χ0v) is 16.7. The van der Waals surface area contributed by atoms with Crippen molar-refractivity contribution in [2.45, 2.75) is 11.8 Å². The molecule has 3 aromatic carbocycles. The van der Waals surface area contributed by atoms with E-state index in [0.717, 1.165) is 6.07 Å². The smallest absolute Gasteiger partial charge is 0.335 e. The fraction of sp³-hybridized carbons (Fsp3) is 0.0476. The molecule has 0 heterocycles. The molecule has 0 aliphatic rings. The van der Waals surface area contributed by atoms with Gasteiger partial charge in [-0.2, -0.15) is 0 Å². The molecule has 2 amide bonds. The van der Waals surface area contributed by atoms with E-state index in [9.17, 15) is 23.1 Å². The number of carboxylic acid groups (broad SMARTS) is 1. The van der Waals surface area contributed by atoms with Gasteiger partial charge in [0.2, 0.25) is 0 Å². The molecule has 0 aliphatic carbocycles. The van der Waals surface area contributed by atoms with Gasteiger partial charge < -0.3 is 15.7 Å². The first-order valence-electron chi connectivity index (χ1n) is 8.84. The highest BCUT2D eigenvalue weighted by Gasteiger charge is 2.18. The number of hydrogen-bond donors (Lipinski definition) is 4. The molecule has 0 saturated heterocycles. The second kappa shape index (κ2) is 8.66. The molecule has 0 aromatic heterocycles. The van der Waals surface area contributed by atoms with Crippen LogP contribution in [0.25, 0.3) is 0 Å². The van der Waals surface area contributed by atoms with Crippen molar-refractivity contribution in [2.75, 3.05) is 15.4 Å². The summed E-state index contributed by atoms with van der Waals surface area (Å²) < 4.78 is 27.7. The Morgan fingerprint density at radius 1 is 0.800 bits per heavy atom. The third-order valence-electron chi connectivity index (χ3n) is 4.15. The fourth-order valence-electron chi connectivity index (χ4n) is 2.69. The van der Waals surface area contributed by atoms with Gasteiger partial charge in [-0.1, -0.05) is 30.3 Å². The fourth-order valence-corrected chi connectivity index (χ4v) is 3.76. The zero-order chi connectivity index (χ0) is 21.7. The molecular formula is C21H19N3O5S. The summed E-state index contributed by atoms with van der Waals surface area (Å²) in [6, 6.07) is 18.4. The molecule has 8 nitrogen and oxygen atoms in total. The number of sulfonamides is 1. The minimum absolute atomic E-state index is 0.0918. The number of aromatic carboxylic acids is 1. The Morgan fingerprint density at radius 3 is 2.13 bits per heavy atom. The molecule has 0 bridgehead atoms. The molecule has 0 radical (unpaired) electrons. The van der Waals surface area contributed by atoms with Gasteiger partial charge in [-0.05, 0) is 55.0 Å². The van der Waals surface area contributed by atoms with Crippen molar-refractivity contribution in [3.05, 3.63) is 83.9 Å². The topological polar surface area (TPSA) is 125 Å². The summed E-state index contributed by atoms with van der Waals surface area (Å²) in [4.78, 5) is 23.2. The largest absolute Gasteiger partial charge is 0.478 e. The summed E-state index contributed by atoms with van der Waals surface area (Å²) in [6.07, 6.45) is 0. The normalized spacial score (nSPS) is 10.8. The van der Waals surface area contributed by atoms with Crippen LogP contribution >= 0.6 is 0 Å². The Kier molecular flexibility index (Phi) is 6.03. The van der Waals surface area contributed by atoms with E-state index >= 15 is 0 Å². The number of hydrogen-bond acceptors (Lipinski definition) is 4. The molecule has 3 rings (SSSR count). The van der Waals surface area contributed by atoms with Crippen LogP contribution in [0.15, 0.2) is 77.7 Å². The van der Waals surface area contributed by atoms with Gasteiger partial charge in [0, 0.05) is 11.4 Å². The van der Waals surface area contributed by atoms with Gasteiger partial charge in [0.05, 0.1) is 16.1 Å². The molecule has 0 fully saturated rings. The number of benzene rings is 3. The number of carbonyl (C=O) groups is 2. The number of nitrogens with one attached hydrogen (secondary N) is 3. The van der Waals surface area contributed by atoms with Gasteiger partial charge in [0.25, 0.3) is 10.0 Å². The standard InChI is InChI=1S/C21H19N3O5S/c1-14-10-11-18(13-19(14)20(25)26)30(28,29)24-17-9-5-8-16(12-17)23-21(27)22-15-6-3-2-4-7-15/h2-13,24H,1H3,(H,25,26)(H2,22,23,27). The van der Waals surface area contributed by atoms with Crippen molar-refractivity contribution < 1.29 is 23.1 Å². The lowest BCUT2D eigenvalue weighted by atomic mass is 10.1. The van der Waals surface area contributed by atoms with Crippen LogP contribution in [0.4, 0.5) is 21.9 Å². The van der Waals surface area contributed by atoms with E-state index in [2.05, 4.69) is 15.4 Å². The summed E-state index contributed by atoms with van der Waals surface area (Å²) in [7, 11) is -4.02. The average Bonchev–Trinajstić information content (AvgIpc) is 2.68. The monoisotopic (exact) mass is 425 g/mol. The van der Waals surface area contributed by atoms with Gasteiger partial charge in [0.1, 0.15) is 0 Å². The Bertz CT molecular complexity index is 1190. The Balaban J connectivity index is 1.75.